The van der Waals surface area contributed by atoms with Crippen molar-refractivity contribution >= 4 is 11.7 Å². The van der Waals surface area contributed by atoms with Crippen LogP contribution in [-0.2, 0) is 16.1 Å². The summed E-state index contributed by atoms with van der Waals surface area (Å²) in [6.07, 6.45) is 3.10. The van der Waals surface area contributed by atoms with Crippen LogP contribution in [0.15, 0.2) is 30.5 Å². The van der Waals surface area contributed by atoms with Gasteiger partial charge in [0.2, 0.25) is 11.8 Å². The average molecular weight is 342 g/mol. The number of anilines is 1. The molecule has 132 valence electrons. The van der Waals surface area contributed by atoms with E-state index in [2.05, 4.69) is 9.97 Å². The first kappa shape index (κ1) is 17.2. The number of aromatic nitrogens is 2. The van der Waals surface area contributed by atoms with Crippen LogP contribution in [0, 0.1) is 0 Å². The van der Waals surface area contributed by atoms with Gasteiger partial charge in [-0.1, -0.05) is 18.2 Å². The van der Waals surface area contributed by atoms with Crippen LogP contribution in [0.25, 0.3) is 11.3 Å². The van der Waals surface area contributed by atoms with Crippen molar-refractivity contribution in [3.05, 3.63) is 36.0 Å². The van der Waals surface area contributed by atoms with Gasteiger partial charge in [0, 0.05) is 25.6 Å². The molecular formula is C18H22N4O3. The second-order valence-electron chi connectivity index (χ2n) is 5.91. The Labute approximate surface area is 146 Å². The Morgan fingerprint density at radius 1 is 1.36 bits per heavy atom. The van der Waals surface area contributed by atoms with Crippen molar-refractivity contribution < 1.29 is 14.3 Å². The van der Waals surface area contributed by atoms with Crippen LogP contribution < -0.4 is 10.5 Å². The topological polar surface area (TPSA) is 90.6 Å². The minimum atomic E-state index is 0.181. The standard InChI is InChI=1S/C18H22N4O3/c1-24-12-13-4-2-5-14(10-13)17-18(19)21-15(11-20-17)25-9-8-22-7-3-6-16(22)23/h2,4-5,10-11H,3,6-9,12H2,1H3,(H2,19,21). The Hall–Kier alpha value is -2.67. The van der Waals surface area contributed by atoms with Crippen molar-refractivity contribution in [3.8, 4) is 17.1 Å². The number of carbonyl (C=O) groups excluding carboxylic acids is 1. The number of carbonyl (C=O) groups is 1. The lowest BCUT2D eigenvalue weighted by Crippen LogP contribution is -2.29. The third kappa shape index (κ3) is 4.24. The largest absolute Gasteiger partial charge is 0.475 e. The van der Waals surface area contributed by atoms with Crippen LogP contribution in [0.1, 0.15) is 18.4 Å². The molecule has 1 aromatic carbocycles. The third-order valence-electron chi connectivity index (χ3n) is 4.07. The van der Waals surface area contributed by atoms with Gasteiger partial charge in [-0.2, -0.15) is 4.98 Å². The van der Waals surface area contributed by atoms with Crippen molar-refractivity contribution in [3.63, 3.8) is 0 Å². The summed E-state index contributed by atoms with van der Waals surface area (Å²) in [7, 11) is 1.66. The molecule has 0 radical (unpaired) electrons. The molecule has 25 heavy (non-hydrogen) atoms. The number of ether oxygens (including phenoxy) is 2. The van der Waals surface area contributed by atoms with Crippen LogP contribution in [-0.4, -0.2) is 47.6 Å². The normalized spacial score (nSPS) is 14.1. The van der Waals surface area contributed by atoms with Gasteiger partial charge in [-0.25, -0.2) is 4.98 Å². The smallest absolute Gasteiger partial charge is 0.234 e. The van der Waals surface area contributed by atoms with Gasteiger partial charge in [0.25, 0.3) is 0 Å². The van der Waals surface area contributed by atoms with Gasteiger partial charge in [-0.15, -0.1) is 0 Å². The number of amides is 1. The Morgan fingerprint density at radius 2 is 2.24 bits per heavy atom. The molecule has 1 amide bonds. The fourth-order valence-corrected chi connectivity index (χ4v) is 2.85. The molecule has 0 unspecified atom stereocenters. The lowest BCUT2D eigenvalue weighted by Gasteiger charge is -2.15. The van der Waals surface area contributed by atoms with Gasteiger partial charge >= 0.3 is 0 Å². The Morgan fingerprint density at radius 3 is 2.96 bits per heavy atom. The molecule has 2 heterocycles. The monoisotopic (exact) mass is 342 g/mol. The fraction of sp³-hybridized carbons (Fsp3) is 0.389. The first-order valence-electron chi connectivity index (χ1n) is 8.28. The molecule has 7 heteroatoms. The lowest BCUT2D eigenvalue weighted by atomic mass is 10.1. The van der Waals surface area contributed by atoms with E-state index in [0.717, 1.165) is 24.1 Å². The van der Waals surface area contributed by atoms with Crippen LogP contribution in [0.3, 0.4) is 0 Å². The highest BCUT2D eigenvalue weighted by atomic mass is 16.5. The van der Waals surface area contributed by atoms with E-state index in [9.17, 15) is 4.79 Å². The van der Waals surface area contributed by atoms with E-state index in [1.807, 2.05) is 24.3 Å². The van der Waals surface area contributed by atoms with E-state index in [1.54, 1.807) is 18.2 Å². The van der Waals surface area contributed by atoms with Crippen molar-refractivity contribution in [1.82, 2.24) is 14.9 Å². The molecule has 7 nitrogen and oxygen atoms in total. The molecule has 1 aliphatic rings. The van der Waals surface area contributed by atoms with Crippen LogP contribution >= 0.6 is 0 Å². The third-order valence-corrected chi connectivity index (χ3v) is 4.07. The minimum absolute atomic E-state index is 0.181. The number of rotatable bonds is 7. The van der Waals surface area contributed by atoms with Gasteiger partial charge in [-0.3, -0.25) is 4.79 Å². The van der Waals surface area contributed by atoms with Crippen LogP contribution in [0.5, 0.6) is 5.88 Å². The zero-order valence-electron chi connectivity index (χ0n) is 14.3. The van der Waals surface area contributed by atoms with E-state index in [4.69, 9.17) is 15.2 Å². The summed E-state index contributed by atoms with van der Waals surface area (Å²) < 4.78 is 10.7. The van der Waals surface area contributed by atoms with Gasteiger partial charge < -0.3 is 20.1 Å². The molecule has 0 saturated carbocycles. The maximum Gasteiger partial charge on any atom is 0.234 e. The highest BCUT2D eigenvalue weighted by molar-refractivity contribution is 5.78. The summed E-state index contributed by atoms with van der Waals surface area (Å²) >= 11 is 0. The number of benzene rings is 1. The predicted octanol–water partition coefficient (Wildman–Crippen LogP) is 1.87. The summed E-state index contributed by atoms with van der Waals surface area (Å²) in [6, 6.07) is 7.82. The quantitative estimate of drug-likeness (QED) is 0.826. The molecule has 1 fully saturated rings. The maximum absolute atomic E-state index is 11.6. The first-order valence-corrected chi connectivity index (χ1v) is 8.28. The number of methoxy groups -OCH3 is 1. The maximum atomic E-state index is 11.6. The van der Waals surface area contributed by atoms with Crippen molar-refractivity contribution in [1.29, 1.82) is 0 Å². The number of nitrogens with two attached hydrogens (primary N) is 1. The Balaban J connectivity index is 1.64. The minimum Gasteiger partial charge on any atom is -0.475 e. The van der Waals surface area contributed by atoms with Crippen molar-refractivity contribution in [2.75, 3.05) is 32.5 Å². The SMILES string of the molecule is COCc1cccc(-c2ncc(OCCN3CCCC3=O)nc2N)c1. The number of likely N-dealkylation sites (tertiary alicyclic amines) is 1. The average Bonchev–Trinajstić information content (AvgIpc) is 3.01. The van der Waals surface area contributed by atoms with Crippen LogP contribution in [0.4, 0.5) is 5.82 Å². The molecule has 1 aromatic heterocycles. The van der Waals surface area contributed by atoms with Crippen molar-refractivity contribution in [2.45, 2.75) is 19.4 Å². The molecule has 0 spiro atoms. The predicted molar refractivity (Wildman–Crippen MR) is 93.9 cm³/mol. The molecule has 0 bridgehead atoms. The molecule has 3 rings (SSSR count). The van der Waals surface area contributed by atoms with Crippen molar-refractivity contribution in [2.24, 2.45) is 0 Å². The van der Waals surface area contributed by atoms with Gasteiger partial charge in [-0.05, 0) is 18.1 Å². The second kappa shape index (κ2) is 7.94. The Bertz CT molecular complexity index is 751. The molecule has 1 aliphatic heterocycles. The first-order chi connectivity index (χ1) is 12.2. The van der Waals surface area contributed by atoms with E-state index < -0.39 is 0 Å². The molecule has 1 saturated heterocycles. The number of hydrogen-bond acceptors (Lipinski definition) is 6. The zero-order valence-corrected chi connectivity index (χ0v) is 14.3. The number of nitrogens with zero attached hydrogens (tertiary/aromatic N) is 3. The highest BCUT2D eigenvalue weighted by Crippen LogP contribution is 2.25. The van der Waals surface area contributed by atoms with Gasteiger partial charge in [0.05, 0.1) is 19.3 Å². The highest BCUT2D eigenvalue weighted by Gasteiger charge is 2.19. The summed E-state index contributed by atoms with van der Waals surface area (Å²) in [6.45, 7) is 2.26. The van der Waals surface area contributed by atoms with E-state index >= 15 is 0 Å². The van der Waals surface area contributed by atoms with E-state index in [-0.39, 0.29) is 5.91 Å². The molecule has 0 aliphatic carbocycles. The van der Waals surface area contributed by atoms with E-state index in [1.165, 1.54) is 0 Å². The summed E-state index contributed by atoms with van der Waals surface area (Å²) in [5, 5.41) is 0. The molecular weight excluding hydrogens is 320 g/mol. The number of nitrogen functional groups attached to an aromatic ring is 1. The summed E-state index contributed by atoms with van der Waals surface area (Å²) in [5.41, 5.74) is 8.58. The summed E-state index contributed by atoms with van der Waals surface area (Å²) in [5.74, 6) is 0.853. The molecule has 2 N–H and O–H groups in total. The zero-order chi connectivity index (χ0) is 17.6. The van der Waals surface area contributed by atoms with Gasteiger partial charge in [0.1, 0.15) is 12.3 Å². The fourth-order valence-electron chi connectivity index (χ4n) is 2.85. The van der Waals surface area contributed by atoms with Gasteiger partial charge in [0.15, 0.2) is 5.82 Å². The summed E-state index contributed by atoms with van der Waals surface area (Å²) in [4.78, 5) is 22.0. The second-order valence-corrected chi connectivity index (χ2v) is 5.91. The van der Waals surface area contributed by atoms with E-state index in [0.29, 0.717) is 43.6 Å². The van der Waals surface area contributed by atoms with Crippen LogP contribution in [0.2, 0.25) is 0 Å². The molecule has 0 atom stereocenters. The lowest BCUT2D eigenvalue weighted by molar-refractivity contribution is -0.128. The molecule has 2 aromatic rings. The number of hydrogen-bond donors (Lipinski definition) is 1. The Kier molecular flexibility index (Phi) is 5.45.